The fourth-order valence-electron chi connectivity index (χ4n) is 0.674. The molecule has 2 nitrogen and oxygen atoms in total. The second-order valence-electron chi connectivity index (χ2n) is 2.67. The van der Waals surface area contributed by atoms with Gasteiger partial charge in [-0.25, -0.2) is 0 Å². The molecule has 0 saturated heterocycles. The number of rotatable bonds is 4. The summed E-state index contributed by atoms with van der Waals surface area (Å²) in [6.45, 7) is 3.67. The Hall–Kier alpha value is -0.530. The van der Waals surface area contributed by atoms with Crippen molar-refractivity contribution in [3.8, 4) is 0 Å². The van der Waals surface area contributed by atoms with Gasteiger partial charge in [0.1, 0.15) is 6.61 Å². The van der Waals surface area contributed by atoms with E-state index in [0.717, 1.165) is 25.7 Å². The molecule has 0 unspecified atom stereocenters. The molecule has 0 aromatic heterocycles. The van der Waals surface area contributed by atoms with Crippen LogP contribution in [0.4, 0.5) is 0 Å². The number of hydrogen-bond acceptors (Lipinski definition) is 2. The van der Waals surface area contributed by atoms with Crippen molar-refractivity contribution < 1.29 is 9.53 Å². The Bertz CT molecular complexity index is 116. The zero-order valence-electron chi connectivity index (χ0n) is 6.30. The quantitative estimate of drug-likeness (QED) is 0.441. The molecule has 0 heterocycles. The van der Waals surface area contributed by atoms with Crippen molar-refractivity contribution in [2.75, 3.05) is 0 Å². The van der Waals surface area contributed by atoms with Crippen LogP contribution in [0.25, 0.3) is 0 Å². The average Bonchev–Trinajstić information content (AvgIpc) is 2.69. The predicted octanol–water partition coefficient (Wildman–Crippen LogP) is 1.90. The summed E-state index contributed by atoms with van der Waals surface area (Å²) in [5, 5.41) is 0. The van der Waals surface area contributed by atoms with E-state index in [2.05, 4.69) is 6.92 Å². The predicted molar refractivity (Wildman–Crippen MR) is 38.0 cm³/mol. The van der Waals surface area contributed by atoms with E-state index in [1.54, 1.807) is 6.61 Å². The molecule has 0 aromatic carbocycles. The summed E-state index contributed by atoms with van der Waals surface area (Å²) in [5.74, 6) is 0.196. The monoisotopic (exact) mass is 141 g/mol. The van der Waals surface area contributed by atoms with Gasteiger partial charge in [0.15, 0.2) is 0 Å². The van der Waals surface area contributed by atoms with Gasteiger partial charge < -0.3 is 4.74 Å². The largest absolute Gasteiger partial charge is 0.458 e. The molecule has 0 atom stereocenters. The number of carbonyl (C=O) groups excluding carboxylic acids is 1. The minimum Gasteiger partial charge on any atom is -0.458 e. The summed E-state index contributed by atoms with van der Waals surface area (Å²) in [6.07, 6.45) is 3.97. The Morgan fingerprint density at radius 2 is 2.40 bits per heavy atom. The molecule has 1 aliphatic rings. The fourth-order valence-corrected chi connectivity index (χ4v) is 0.674. The van der Waals surface area contributed by atoms with Gasteiger partial charge in [0.2, 0.25) is 0 Å². The smallest absolute Gasteiger partial charge is 0.309 e. The lowest BCUT2D eigenvalue weighted by Gasteiger charge is -1.99. The Morgan fingerprint density at radius 3 is 2.90 bits per heavy atom. The van der Waals surface area contributed by atoms with Crippen LogP contribution in [0.3, 0.4) is 0 Å². The molecule has 0 aromatic rings. The van der Waals surface area contributed by atoms with E-state index < -0.39 is 0 Å². The third kappa shape index (κ3) is 2.38. The number of carbonyl (C=O) groups is 1. The molecule has 0 spiro atoms. The summed E-state index contributed by atoms with van der Waals surface area (Å²) < 4.78 is 4.84. The van der Waals surface area contributed by atoms with Crippen molar-refractivity contribution in [1.82, 2.24) is 0 Å². The summed E-state index contributed by atoms with van der Waals surface area (Å²) in [4.78, 5) is 10.8. The van der Waals surface area contributed by atoms with E-state index in [9.17, 15) is 4.79 Å². The summed E-state index contributed by atoms with van der Waals surface area (Å²) in [5.41, 5.74) is 0. The highest BCUT2D eigenvalue weighted by Crippen LogP contribution is 2.30. The van der Waals surface area contributed by atoms with Gasteiger partial charge in [-0.2, -0.15) is 0 Å². The maximum absolute atomic E-state index is 10.8. The Labute approximate surface area is 61.6 Å². The average molecular weight is 141 g/mol. The highest BCUT2D eigenvalue weighted by Gasteiger charge is 2.30. The van der Waals surface area contributed by atoms with Crippen LogP contribution in [0.2, 0.25) is 0 Å². The van der Waals surface area contributed by atoms with Crippen LogP contribution < -0.4 is 0 Å². The first-order chi connectivity index (χ1) is 4.84. The maximum Gasteiger partial charge on any atom is 0.309 e. The van der Waals surface area contributed by atoms with Crippen molar-refractivity contribution >= 4 is 5.97 Å². The lowest BCUT2D eigenvalue weighted by molar-refractivity contribution is -0.141. The highest BCUT2D eigenvalue weighted by molar-refractivity contribution is 5.75. The van der Waals surface area contributed by atoms with Crippen LogP contribution in [-0.4, -0.2) is 5.97 Å². The maximum atomic E-state index is 10.8. The Balaban J connectivity index is 1.95. The molecule has 57 valence electrons. The second-order valence-corrected chi connectivity index (χ2v) is 2.67. The summed E-state index contributed by atoms with van der Waals surface area (Å²) in [7, 11) is 0. The van der Waals surface area contributed by atoms with E-state index in [1.165, 1.54) is 0 Å². The zero-order chi connectivity index (χ0) is 7.40. The molecule has 1 saturated carbocycles. The molecule has 1 fully saturated rings. The van der Waals surface area contributed by atoms with Gasteiger partial charge in [-0.1, -0.05) is 13.3 Å². The number of esters is 1. The van der Waals surface area contributed by atoms with Crippen molar-refractivity contribution in [2.24, 2.45) is 5.92 Å². The van der Waals surface area contributed by atoms with E-state index in [0.29, 0.717) is 0 Å². The molecule has 10 heavy (non-hydrogen) atoms. The van der Waals surface area contributed by atoms with Crippen molar-refractivity contribution in [2.45, 2.75) is 32.6 Å². The van der Waals surface area contributed by atoms with Crippen LogP contribution in [0.1, 0.15) is 32.6 Å². The van der Waals surface area contributed by atoms with Gasteiger partial charge in [-0.3, -0.25) is 4.79 Å². The lowest BCUT2D eigenvalue weighted by atomic mass is 10.3. The van der Waals surface area contributed by atoms with Gasteiger partial charge in [-0.05, 0) is 19.3 Å². The molecule has 2 heteroatoms. The minimum atomic E-state index is -0.0338. The first-order valence-electron chi connectivity index (χ1n) is 3.86. The number of unbranched alkanes of at least 4 members (excludes halogenated alkanes) is 1. The third-order valence-electron chi connectivity index (χ3n) is 1.52. The molecule has 1 aliphatic carbocycles. The van der Waals surface area contributed by atoms with Gasteiger partial charge >= 0.3 is 5.97 Å². The van der Waals surface area contributed by atoms with Crippen LogP contribution in [0, 0.1) is 12.5 Å². The second kappa shape index (κ2) is 3.59. The topological polar surface area (TPSA) is 26.3 Å². The van der Waals surface area contributed by atoms with Crippen molar-refractivity contribution in [3.63, 3.8) is 0 Å². The molecular formula is C8H13O2. The Morgan fingerprint density at radius 1 is 1.70 bits per heavy atom. The van der Waals surface area contributed by atoms with E-state index in [4.69, 9.17) is 4.74 Å². The number of hydrogen-bond donors (Lipinski definition) is 0. The third-order valence-corrected chi connectivity index (χ3v) is 1.52. The van der Waals surface area contributed by atoms with Gasteiger partial charge in [-0.15, -0.1) is 0 Å². The molecule has 1 radical (unpaired) electrons. The van der Waals surface area contributed by atoms with Crippen LogP contribution >= 0.6 is 0 Å². The first kappa shape index (κ1) is 7.58. The standard InChI is InChI=1S/C8H13O2/c1-2-3-6-10-8(9)7-4-5-7/h6-7H,2-5H2,1H3. The summed E-state index contributed by atoms with van der Waals surface area (Å²) in [6, 6.07) is 0. The minimum absolute atomic E-state index is 0.0338. The first-order valence-corrected chi connectivity index (χ1v) is 3.86. The summed E-state index contributed by atoms with van der Waals surface area (Å²) >= 11 is 0. The van der Waals surface area contributed by atoms with Crippen molar-refractivity contribution in [1.29, 1.82) is 0 Å². The fraction of sp³-hybridized carbons (Fsp3) is 0.750. The van der Waals surface area contributed by atoms with E-state index in [1.807, 2.05) is 0 Å². The zero-order valence-corrected chi connectivity index (χ0v) is 6.30. The van der Waals surface area contributed by atoms with Crippen LogP contribution in [0.5, 0.6) is 0 Å². The highest BCUT2D eigenvalue weighted by atomic mass is 16.5. The molecule has 0 N–H and O–H groups in total. The Kier molecular flexibility index (Phi) is 2.72. The molecule has 0 amide bonds. The van der Waals surface area contributed by atoms with Crippen LogP contribution in [0.15, 0.2) is 0 Å². The van der Waals surface area contributed by atoms with Gasteiger partial charge in [0.05, 0.1) is 5.92 Å². The molecular weight excluding hydrogens is 128 g/mol. The van der Waals surface area contributed by atoms with Crippen LogP contribution in [-0.2, 0) is 9.53 Å². The van der Waals surface area contributed by atoms with E-state index in [-0.39, 0.29) is 11.9 Å². The SMILES string of the molecule is CCC[CH]OC(=O)C1CC1. The molecule has 1 rings (SSSR count). The van der Waals surface area contributed by atoms with Crippen molar-refractivity contribution in [3.05, 3.63) is 6.61 Å². The lowest BCUT2D eigenvalue weighted by Crippen LogP contribution is -2.03. The normalized spacial score (nSPS) is 16.9. The van der Waals surface area contributed by atoms with Gasteiger partial charge in [0.25, 0.3) is 0 Å². The van der Waals surface area contributed by atoms with Gasteiger partial charge in [0, 0.05) is 0 Å². The molecule has 0 aliphatic heterocycles. The van der Waals surface area contributed by atoms with E-state index >= 15 is 0 Å². The number of ether oxygens (including phenoxy) is 1. The molecule has 0 bridgehead atoms.